The number of hydrogen-bond acceptors (Lipinski definition) is 0. The summed E-state index contributed by atoms with van der Waals surface area (Å²) in [5.41, 5.74) is 7.69. The topological polar surface area (TPSA) is 3.01 Å². The fourth-order valence-electron chi connectivity index (χ4n) is 3.93. The molecule has 0 spiro atoms. The van der Waals surface area contributed by atoms with E-state index in [0.29, 0.717) is 5.41 Å². The van der Waals surface area contributed by atoms with Crippen LogP contribution in [0, 0.1) is 5.41 Å². The van der Waals surface area contributed by atoms with Crippen LogP contribution in [0.25, 0.3) is 0 Å². The van der Waals surface area contributed by atoms with Gasteiger partial charge in [0.1, 0.15) is 14.1 Å². The first-order chi connectivity index (χ1) is 11.8. The van der Waals surface area contributed by atoms with E-state index in [1.807, 2.05) is 0 Å². The van der Waals surface area contributed by atoms with Crippen LogP contribution in [0.3, 0.4) is 0 Å². The van der Waals surface area contributed by atoms with Gasteiger partial charge >= 0.3 is 0 Å². The van der Waals surface area contributed by atoms with E-state index in [9.17, 15) is 0 Å². The van der Waals surface area contributed by atoms with E-state index in [2.05, 4.69) is 83.0 Å². The third kappa shape index (κ3) is 5.99. The zero-order valence-corrected chi connectivity index (χ0v) is 17.2. The van der Waals surface area contributed by atoms with E-state index in [0.717, 1.165) is 0 Å². The number of nitrogens with zero attached hydrogens (tertiary/aromatic N) is 1. The van der Waals surface area contributed by atoms with Gasteiger partial charge in [0.15, 0.2) is 6.21 Å². The van der Waals surface area contributed by atoms with Crippen molar-refractivity contribution in [2.75, 3.05) is 14.1 Å². The lowest BCUT2D eigenvalue weighted by Gasteiger charge is -2.33. The van der Waals surface area contributed by atoms with Gasteiger partial charge in [-0.3, -0.25) is 0 Å². The molecule has 0 aromatic carbocycles. The van der Waals surface area contributed by atoms with E-state index >= 15 is 0 Å². The molecule has 2 aliphatic rings. The Balaban J connectivity index is 2.16. The number of allylic oxidation sites excluding steroid dienone is 10. The second-order valence-electron chi connectivity index (χ2n) is 8.58. The summed E-state index contributed by atoms with van der Waals surface area (Å²) >= 11 is 0. The molecule has 0 aliphatic heterocycles. The van der Waals surface area contributed by atoms with Crippen LogP contribution in [0.5, 0.6) is 0 Å². The quantitative estimate of drug-likeness (QED) is 0.317. The van der Waals surface area contributed by atoms with E-state index in [-0.39, 0.29) is 0 Å². The summed E-state index contributed by atoms with van der Waals surface area (Å²) in [6, 6.07) is 0. The summed E-state index contributed by atoms with van der Waals surface area (Å²) in [5, 5.41) is 0. The molecule has 2 aliphatic carbocycles. The van der Waals surface area contributed by atoms with Crippen LogP contribution < -0.4 is 0 Å². The highest BCUT2D eigenvalue weighted by Crippen LogP contribution is 2.40. The molecule has 0 amide bonds. The largest absolute Gasteiger partial charge is 0.241 e. The lowest BCUT2D eigenvalue weighted by Crippen LogP contribution is -2.19. The van der Waals surface area contributed by atoms with Gasteiger partial charge in [-0.15, -0.1) is 0 Å². The summed E-state index contributed by atoms with van der Waals surface area (Å²) in [4.78, 5) is 0. The Hall–Kier alpha value is -1.63. The lowest BCUT2D eigenvalue weighted by atomic mass is 9.72. The molecule has 0 aromatic rings. The van der Waals surface area contributed by atoms with Crippen LogP contribution in [0.4, 0.5) is 0 Å². The molecule has 0 atom stereocenters. The Bertz CT molecular complexity index is 671. The molecule has 1 heteroatoms. The maximum atomic E-state index is 2.39. The molecule has 0 saturated heterocycles. The van der Waals surface area contributed by atoms with Gasteiger partial charge in [-0.05, 0) is 74.5 Å². The Morgan fingerprint density at radius 1 is 1.12 bits per heavy atom. The summed E-state index contributed by atoms with van der Waals surface area (Å²) in [5.74, 6) is 0. The fraction of sp³-hybridized carbons (Fsp3) is 0.542. The SMILES string of the molecule is CC1=C(/C=C/C(C)=C/C2=CC(=C/C=[N+](C)C)/CCC2)C(C)(C)CCC1. The summed E-state index contributed by atoms with van der Waals surface area (Å²) in [7, 11) is 4.14. The van der Waals surface area contributed by atoms with Crippen LogP contribution in [-0.2, 0) is 0 Å². The standard InChI is InChI=1S/C24H36N/c1-19(12-13-23-20(2)9-8-15-24(23,3)4)17-22-11-7-10-21(18-22)14-16-25(5)6/h12-14,16-18H,7-11,15H2,1-6H3/q+1/b13-12+,19-17+,21-14+. The molecule has 0 aromatic heterocycles. The van der Waals surface area contributed by atoms with Crippen LogP contribution in [0.2, 0.25) is 0 Å². The minimum atomic E-state index is 0.321. The molecule has 0 unspecified atom stereocenters. The molecular weight excluding hydrogens is 302 g/mol. The Labute approximate surface area is 155 Å². The molecule has 1 nitrogen and oxygen atoms in total. The highest BCUT2D eigenvalue weighted by atomic mass is 14.9. The smallest absolute Gasteiger partial charge is 0.163 e. The van der Waals surface area contributed by atoms with Crippen molar-refractivity contribution in [1.29, 1.82) is 0 Å². The highest BCUT2D eigenvalue weighted by Gasteiger charge is 2.26. The molecule has 0 bridgehead atoms. The normalized spacial score (nSPS) is 23.2. The van der Waals surface area contributed by atoms with Gasteiger partial charge in [0.2, 0.25) is 0 Å². The second-order valence-corrected chi connectivity index (χ2v) is 8.58. The third-order valence-corrected chi connectivity index (χ3v) is 5.36. The molecule has 0 saturated carbocycles. The van der Waals surface area contributed by atoms with Crippen LogP contribution in [-0.4, -0.2) is 24.9 Å². The molecule has 0 N–H and O–H groups in total. The molecule has 0 fully saturated rings. The van der Waals surface area contributed by atoms with Crippen molar-refractivity contribution < 1.29 is 4.58 Å². The first-order valence-corrected chi connectivity index (χ1v) is 9.75. The fourth-order valence-corrected chi connectivity index (χ4v) is 3.93. The van der Waals surface area contributed by atoms with Crippen molar-refractivity contribution >= 4 is 6.21 Å². The Morgan fingerprint density at radius 3 is 2.56 bits per heavy atom. The van der Waals surface area contributed by atoms with Gasteiger partial charge < -0.3 is 0 Å². The van der Waals surface area contributed by atoms with Crippen molar-refractivity contribution in [3.8, 4) is 0 Å². The van der Waals surface area contributed by atoms with Crippen molar-refractivity contribution in [2.45, 2.75) is 66.2 Å². The first kappa shape index (κ1) is 19.7. The van der Waals surface area contributed by atoms with Crippen LogP contribution in [0.1, 0.15) is 66.2 Å². The van der Waals surface area contributed by atoms with Crippen molar-refractivity contribution in [3.05, 3.63) is 58.2 Å². The van der Waals surface area contributed by atoms with E-state index in [4.69, 9.17) is 0 Å². The van der Waals surface area contributed by atoms with Gasteiger partial charge in [-0.1, -0.05) is 49.3 Å². The van der Waals surface area contributed by atoms with Gasteiger partial charge in [0.25, 0.3) is 0 Å². The average molecular weight is 339 g/mol. The lowest BCUT2D eigenvalue weighted by molar-refractivity contribution is -0.458. The maximum Gasteiger partial charge on any atom is 0.163 e. The van der Waals surface area contributed by atoms with Crippen molar-refractivity contribution in [3.63, 3.8) is 0 Å². The number of rotatable bonds is 4. The summed E-state index contributed by atoms with van der Waals surface area (Å²) in [6.07, 6.45) is 21.3. The molecular formula is C24H36N+. The monoisotopic (exact) mass is 338 g/mol. The summed E-state index contributed by atoms with van der Waals surface area (Å²) < 4.78 is 2.10. The van der Waals surface area contributed by atoms with Gasteiger partial charge in [-0.2, -0.15) is 0 Å². The highest BCUT2D eigenvalue weighted by molar-refractivity contribution is 5.68. The van der Waals surface area contributed by atoms with E-state index in [1.54, 1.807) is 11.1 Å². The minimum absolute atomic E-state index is 0.321. The van der Waals surface area contributed by atoms with Crippen molar-refractivity contribution in [1.82, 2.24) is 0 Å². The van der Waals surface area contributed by atoms with Crippen LogP contribution in [0.15, 0.2) is 58.2 Å². The Kier molecular flexibility index (Phi) is 6.81. The van der Waals surface area contributed by atoms with E-state index < -0.39 is 0 Å². The van der Waals surface area contributed by atoms with Gasteiger partial charge in [-0.25, -0.2) is 4.58 Å². The van der Waals surface area contributed by atoms with E-state index in [1.165, 1.54) is 55.2 Å². The zero-order valence-electron chi connectivity index (χ0n) is 17.2. The second kappa shape index (κ2) is 8.65. The maximum absolute atomic E-state index is 2.39. The third-order valence-electron chi connectivity index (χ3n) is 5.36. The summed E-state index contributed by atoms with van der Waals surface area (Å²) in [6.45, 7) is 9.31. The predicted molar refractivity (Wildman–Crippen MR) is 111 cm³/mol. The minimum Gasteiger partial charge on any atom is -0.241 e. The Morgan fingerprint density at radius 2 is 1.88 bits per heavy atom. The van der Waals surface area contributed by atoms with Gasteiger partial charge in [0, 0.05) is 6.08 Å². The zero-order chi connectivity index (χ0) is 18.4. The van der Waals surface area contributed by atoms with Crippen molar-refractivity contribution in [2.24, 2.45) is 5.41 Å². The molecule has 0 heterocycles. The molecule has 25 heavy (non-hydrogen) atoms. The predicted octanol–water partition coefficient (Wildman–Crippen LogP) is 6.40. The average Bonchev–Trinajstić information content (AvgIpc) is 2.52. The first-order valence-electron chi connectivity index (χ1n) is 9.75. The molecule has 136 valence electrons. The van der Waals surface area contributed by atoms with Crippen LogP contribution >= 0.6 is 0 Å². The molecule has 2 rings (SSSR count). The van der Waals surface area contributed by atoms with Gasteiger partial charge in [0.05, 0.1) is 0 Å². The molecule has 0 radical (unpaired) electrons. The number of hydrogen-bond donors (Lipinski definition) is 0.